The fourth-order valence-corrected chi connectivity index (χ4v) is 1.21. The first-order valence-electron chi connectivity index (χ1n) is 4.84. The molecule has 0 radical (unpaired) electrons. The maximum absolute atomic E-state index is 10.6. The van der Waals surface area contributed by atoms with Gasteiger partial charge in [0.2, 0.25) is 0 Å². The predicted molar refractivity (Wildman–Crippen MR) is 58.1 cm³/mol. The summed E-state index contributed by atoms with van der Waals surface area (Å²) in [5, 5.41) is 17.6. The van der Waals surface area contributed by atoms with Crippen molar-refractivity contribution in [2.75, 3.05) is 0 Å². The molecule has 1 rings (SSSR count). The van der Waals surface area contributed by atoms with Gasteiger partial charge in [-0.3, -0.25) is 4.79 Å². The van der Waals surface area contributed by atoms with E-state index in [0.29, 0.717) is 11.3 Å². The highest BCUT2D eigenvalue weighted by atomic mass is 16.5. The molecular formula is C12H13NO3. The van der Waals surface area contributed by atoms with Crippen LogP contribution >= 0.6 is 0 Å². The van der Waals surface area contributed by atoms with E-state index in [-0.39, 0.29) is 6.42 Å². The molecule has 0 amide bonds. The number of carboxylic acids is 1. The van der Waals surface area contributed by atoms with Crippen molar-refractivity contribution in [2.24, 2.45) is 0 Å². The minimum Gasteiger partial charge on any atom is -0.481 e. The number of hydrogen-bond acceptors (Lipinski definition) is 3. The van der Waals surface area contributed by atoms with Crippen LogP contribution in [0.3, 0.4) is 0 Å². The highest BCUT2D eigenvalue weighted by Crippen LogP contribution is 2.23. The first kappa shape index (κ1) is 12.1. The second kappa shape index (κ2) is 4.67. The smallest absolute Gasteiger partial charge is 0.307 e. The standard InChI is InChI=1S/C12H13NO3/c1-12(2,8-13)16-10-6-4-3-5-9(10)7-11(14)15/h3-6H,7H2,1-2H3,(H,14,15). The fourth-order valence-electron chi connectivity index (χ4n) is 1.21. The van der Waals surface area contributed by atoms with Crippen LogP contribution in [0.1, 0.15) is 19.4 Å². The Morgan fingerprint density at radius 2 is 2.12 bits per heavy atom. The lowest BCUT2D eigenvalue weighted by Gasteiger charge is -2.20. The third-order valence-electron chi connectivity index (χ3n) is 1.95. The summed E-state index contributed by atoms with van der Waals surface area (Å²) in [6.45, 7) is 3.26. The summed E-state index contributed by atoms with van der Waals surface area (Å²) in [6.07, 6.45) is -0.113. The van der Waals surface area contributed by atoms with Gasteiger partial charge in [0.05, 0.1) is 6.42 Å². The van der Waals surface area contributed by atoms with E-state index in [2.05, 4.69) is 0 Å². The number of nitriles is 1. The number of carbonyl (C=O) groups is 1. The summed E-state index contributed by atoms with van der Waals surface area (Å²) < 4.78 is 5.46. The van der Waals surface area contributed by atoms with Crippen LogP contribution in [0.4, 0.5) is 0 Å². The van der Waals surface area contributed by atoms with Crippen molar-refractivity contribution in [3.8, 4) is 11.8 Å². The second-order valence-electron chi connectivity index (χ2n) is 3.90. The van der Waals surface area contributed by atoms with Gasteiger partial charge >= 0.3 is 5.97 Å². The van der Waals surface area contributed by atoms with Crippen molar-refractivity contribution in [1.29, 1.82) is 5.26 Å². The Bertz CT molecular complexity index is 432. The Labute approximate surface area is 94.1 Å². The lowest BCUT2D eigenvalue weighted by molar-refractivity contribution is -0.136. The SMILES string of the molecule is CC(C)(C#N)Oc1ccccc1CC(=O)O. The molecule has 0 unspecified atom stereocenters. The molecule has 0 spiro atoms. The zero-order valence-electron chi connectivity index (χ0n) is 9.23. The molecule has 1 aromatic carbocycles. The molecule has 0 aromatic heterocycles. The summed E-state index contributed by atoms with van der Waals surface area (Å²) in [6, 6.07) is 8.83. The molecule has 84 valence electrons. The quantitative estimate of drug-likeness (QED) is 0.840. The van der Waals surface area contributed by atoms with Gasteiger partial charge in [-0.1, -0.05) is 18.2 Å². The van der Waals surface area contributed by atoms with Gasteiger partial charge in [0.25, 0.3) is 0 Å². The summed E-state index contributed by atoms with van der Waals surface area (Å²) in [4.78, 5) is 10.6. The maximum atomic E-state index is 10.6. The highest BCUT2D eigenvalue weighted by molar-refractivity contribution is 5.71. The third kappa shape index (κ3) is 3.28. The molecule has 1 aromatic rings. The molecule has 0 saturated heterocycles. The molecule has 4 heteroatoms. The largest absolute Gasteiger partial charge is 0.481 e. The van der Waals surface area contributed by atoms with Gasteiger partial charge in [-0.25, -0.2) is 0 Å². The number of rotatable bonds is 4. The van der Waals surface area contributed by atoms with Gasteiger partial charge < -0.3 is 9.84 Å². The minimum absolute atomic E-state index is 0.113. The molecule has 1 N–H and O–H groups in total. The average molecular weight is 219 g/mol. The van der Waals surface area contributed by atoms with E-state index in [0.717, 1.165) is 0 Å². The van der Waals surface area contributed by atoms with Crippen LogP contribution in [-0.4, -0.2) is 16.7 Å². The molecule has 0 aliphatic carbocycles. The van der Waals surface area contributed by atoms with Gasteiger partial charge in [0.1, 0.15) is 11.8 Å². The molecule has 0 fully saturated rings. The average Bonchev–Trinajstić information content (AvgIpc) is 2.20. The van der Waals surface area contributed by atoms with Crippen molar-refractivity contribution in [1.82, 2.24) is 0 Å². The van der Waals surface area contributed by atoms with E-state index in [9.17, 15) is 4.79 Å². The minimum atomic E-state index is -0.964. The van der Waals surface area contributed by atoms with Crippen LogP contribution in [-0.2, 0) is 11.2 Å². The van der Waals surface area contributed by atoms with Crippen LogP contribution in [0.2, 0.25) is 0 Å². The molecule has 16 heavy (non-hydrogen) atoms. The summed E-state index contributed by atoms with van der Waals surface area (Å²) in [7, 11) is 0. The van der Waals surface area contributed by atoms with E-state index in [4.69, 9.17) is 15.1 Å². The third-order valence-corrected chi connectivity index (χ3v) is 1.95. The molecule has 0 bridgehead atoms. The zero-order chi connectivity index (χ0) is 12.2. The van der Waals surface area contributed by atoms with E-state index in [1.165, 1.54) is 0 Å². The molecule has 0 atom stereocenters. The first-order valence-corrected chi connectivity index (χ1v) is 4.84. The van der Waals surface area contributed by atoms with Gasteiger partial charge in [0, 0.05) is 5.56 Å². The van der Waals surface area contributed by atoms with Crippen molar-refractivity contribution < 1.29 is 14.6 Å². The number of para-hydroxylation sites is 1. The number of ether oxygens (including phenoxy) is 1. The fraction of sp³-hybridized carbons (Fsp3) is 0.333. The van der Waals surface area contributed by atoms with Crippen LogP contribution < -0.4 is 4.74 Å². The zero-order valence-corrected chi connectivity index (χ0v) is 9.23. The Kier molecular flexibility index (Phi) is 3.51. The van der Waals surface area contributed by atoms with Crippen molar-refractivity contribution in [2.45, 2.75) is 25.9 Å². The van der Waals surface area contributed by atoms with E-state index in [1.54, 1.807) is 38.1 Å². The van der Waals surface area contributed by atoms with Crippen LogP contribution in [0.15, 0.2) is 24.3 Å². The lowest BCUT2D eigenvalue weighted by atomic mass is 10.1. The molecule has 0 heterocycles. The van der Waals surface area contributed by atoms with Gasteiger partial charge in [0.15, 0.2) is 5.60 Å². The Hall–Kier alpha value is -2.02. The molecule has 0 saturated carbocycles. The Morgan fingerprint density at radius 3 is 2.69 bits per heavy atom. The number of aliphatic carboxylic acids is 1. The lowest BCUT2D eigenvalue weighted by Crippen LogP contribution is -2.26. The van der Waals surface area contributed by atoms with Crippen molar-refractivity contribution >= 4 is 5.97 Å². The van der Waals surface area contributed by atoms with Crippen LogP contribution in [0.25, 0.3) is 0 Å². The number of benzene rings is 1. The molecular weight excluding hydrogens is 206 g/mol. The molecule has 0 aliphatic heterocycles. The van der Waals surface area contributed by atoms with Crippen LogP contribution in [0, 0.1) is 11.3 Å². The highest BCUT2D eigenvalue weighted by Gasteiger charge is 2.20. The summed E-state index contributed by atoms with van der Waals surface area (Å²) >= 11 is 0. The van der Waals surface area contributed by atoms with Crippen LogP contribution in [0.5, 0.6) is 5.75 Å². The van der Waals surface area contributed by atoms with Gasteiger partial charge in [-0.05, 0) is 19.9 Å². The van der Waals surface area contributed by atoms with Crippen molar-refractivity contribution in [3.63, 3.8) is 0 Å². The molecule has 0 aliphatic rings. The number of carboxylic acid groups (broad SMARTS) is 1. The number of nitrogens with zero attached hydrogens (tertiary/aromatic N) is 1. The predicted octanol–water partition coefficient (Wildman–Crippen LogP) is 1.99. The first-order chi connectivity index (χ1) is 7.44. The molecule has 4 nitrogen and oxygen atoms in total. The second-order valence-corrected chi connectivity index (χ2v) is 3.90. The topological polar surface area (TPSA) is 70.3 Å². The number of hydrogen-bond donors (Lipinski definition) is 1. The Balaban J connectivity index is 2.96. The summed E-state index contributed by atoms with van der Waals surface area (Å²) in [5.74, 6) is -0.484. The summed E-state index contributed by atoms with van der Waals surface area (Å²) in [5.41, 5.74) is -0.396. The monoisotopic (exact) mass is 219 g/mol. The van der Waals surface area contributed by atoms with E-state index in [1.807, 2.05) is 6.07 Å². The van der Waals surface area contributed by atoms with E-state index >= 15 is 0 Å². The van der Waals surface area contributed by atoms with Gasteiger partial charge in [-0.15, -0.1) is 0 Å². The van der Waals surface area contributed by atoms with Crippen molar-refractivity contribution in [3.05, 3.63) is 29.8 Å². The Morgan fingerprint density at radius 1 is 1.50 bits per heavy atom. The van der Waals surface area contributed by atoms with Gasteiger partial charge in [-0.2, -0.15) is 5.26 Å². The van der Waals surface area contributed by atoms with E-state index < -0.39 is 11.6 Å². The maximum Gasteiger partial charge on any atom is 0.307 e. The normalized spacial score (nSPS) is 10.6.